The summed E-state index contributed by atoms with van der Waals surface area (Å²) in [6.45, 7) is 6.65. The molecule has 3 nitrogen and oxygen atoms in total. The highest BCUT2D eigenvalue weighted by atomic mass is 32.1. The summed E-state index contributed by atoms with van der Waals surface area (Å²) < 4.78 is 0. The molecule has 1 aliphatic heterocycles. The molecule has 0 unspecified atom stereocenters. The summed E-state index contributed by atoms with van der Waals surface area (Å²) >= 11 is 5.84. The van der Waals surface area contributed by atoms with Crippen molar-refractivity contribution in [2.24, 2.45) is 15.6 Å². The number of rotatable bonds is 3. The summed E-state index contributed by atoms with van der Waals surface area (Å²) in [5.41, 5.74) is 3.45. The van der Waals surface area contributed by atoms with Gasteiger partial charge >= 0.3 is 0 Å². The predicted molar refractivity (Wildman–Crippen MR) is 77.5 cm³/mol. The van der Waals surface area contributed by atoms with Crippen molar-refractivity contribution in [2.45, 2.75) is 39.4 Å². The predicted octanol–water partition coefficient (Wildman–Crippen LogP) is 3.56. The third-order valence-electron chi connectivity index (χ3n) is 2.38. The quantitative estimate of drug-likeness (QED) is 0.835. The molecule has 0 radical (unpaired) electrons. The average Bonchev–Trinajstić information content (AvgIpc) is 2.82. The molecule has 5 heteroatoms. The van der Waals surface area contributed by atoms with E-state index in [-0.39, 0.29) is 5.41 Å². The second-order valence-corrected chi connectivity index (χ2v) is 6.60. The molecule has 0 N–H and O–H groups in total. The molecule has 0 amide bonds. The van der Waals surface area contributed by atoms with Gasteiger partial charge in [-0.1, -0.05) is 20.8 Å². The maximum atomic E-state index is 4.48. The third-order valence-corrected chi connectivity index (χ3v) is 3.64. The molecule has 1 aromatic heterocycles. The van der Waals surface area contributed by atoms with E-state index in [0.29, 0.717) is 5.75 Å². The fraction of sp³-hybridized carbons (Fsp3) is 0.583. The maximum absolute atomic E-state index is 4.48. The van der Waals surface area contributed by atoms with Gasteiger partial charge in [0.05, 0.1) is 5.69 Å². The lowest BCUT2D eigenvalue weighted by atomic mass is 9.88. The molecule has 0 saturated carbocycles. The zero-order valence-electron chi connectivity index (χ0n) is 10.4. The molecule has 0 fully saturated rings. The van der Waals surface area contributed by atoms with Gasteiger partial charge in [0.2, 0.25) is 0 Å². The zero-order valence-corrected chi connectivity index (χ0v) is 12.1. The second kappa shape index (κ2) is 4.90. The van der Waals surface area contributed by atoms with Crippen LogP contribution in [0, 0.1) is 5.41 Å². The van der Waals surface area contributed by atoms with Gasteiger partial charge in [-0.05, 0) is 11.8 Å². The highest BCUT2D eigenvalue weighted by molar-refractivity contribution is 7.79. The van der Waals surface area contributed by atoms with Crippen LogP contribution in [0.25, 0.3) is 0 Å². The van der Waals surface area contributed by atoms with Crippen LogP contribution in [0.5, 0.6) is 0 Å². The van der Waals surface area contributed by atoms with Gasteiger partial charge < -0.3 is 0 Å². The number of hydrogen-bond donors (Lipinski definition) is 1. The monoisotopic (exact) mass is 267 g/mol. The fourth-order valence-electron chi connectivity index (χ4n) is 1.74. The Balaban J connectivity index is 2.00. The van der Waals surface area contributed by atoms with Crippen LogP contribution < -0.4 is 0 Å². The number of thiol groups is 1. The van der Waals surface area contributed by atoms with E-state index in [9.17, 15) is 0 Å². The van der Waals surface area contributed by atoms with E-state index in [1.54, 1.807) is 11.3 Å². The van der Waals surface area contributed by atoms with Crippen molar-refractivity contribution in [3.63, 3.8) is 0 Å². The van der Waals surface area contributed by atoms with Crippen molar-refractivity contribution in [1.82, 2.24) is 4.98 Å². The van der Waals surface area contributed by atoms with Gasteiger partial charge in [0, 0.05) is 23.3 Å². The minimum absolute atomic E-state index is 0.267. The summed E-state index contributed by atoms with van der Waals surface area (Å²) in [7, 11) is 0. The van der Waals surface area contributed by atoms with E-state index in [4.69, 9.17) is 0 Å². The van der Waals surface area contributed by atoms with Crippen molar-refractivity contribution in [2.75, 3.05) is 0 Å². The van der Waals surface area contributed by atoms with E-state index in [1.165, 1.54) is 0 Å². The van der Waals surface area contributed by atoms with Crippen LogP contribution in [0.4, 0.5) is 0 Å². The second-order valence-electron chi connectivity index (χ2n) is 5.43. The molecular formula is C12H17N3S2. The Morgan fingerprint density at radius 1 is 1.35 bits per heavy atom. The molecule has 2 rings (SSSR count). The SMILES string of the molecule is CC(C)(C)CC1=NN=C(c2nc(CS)cs2)C1. The lowest BCUT2D eigenvalue weighted by molar-refractivity contribution is 0.432. The van der Waals surface area contributed by atoms with Crippen LogP contribution in [-0.4, -0.2) is 16.4 Å². The Morgan fingerprint density at radius 3 is 2.71 bits per heavy atom. The summed E-state index contributed by atoms with van der Waals surface area (Å²) in [5.74, 6) is 0.680. The van der Waals surface area contributed by atoms with Crippen molar-refractivity contribution in [1.29, 1.82) is 0 Å². The van der Waals surface area contributed by atoms with Crippen LogP contribution in [0.15, 0.2) is 15.6 Å². The molecule has 0 spiro atoms. The first-order valence-corrected chi connectivity index (χ1v) is 7.17. The summed E-state index contributed by atoms with van der Waals surface area (Å²) in [6.07, 6.45) is 1.83. The minimum Gasteiger partial charge on any atom is -0.239 e. The summed E-state index contributed by atoms with van der Waals surface area (Å²) in [5, 5.41) is 11.5. The van der Waals surface area contributed by atoms with Crippen molar-refractivity contribution in [3.8, 4) is 0 Å². The first-order valence-electron chi connectivity index (χ1n) is 5.66. The summed E-state index contributed by atoms with van der Waals surface area (Å²) in [6, 6.07) is 0. The van der Waals surface area contributed by atoms with E-state index in [1.807, 2.05) is 5.38 Å². The third kappa shape index (κ3) is 3.39. The van der Waals surface area contributed by atoms with Crippen LogP contribution in [0.1, 0.15) is 44.3 Å². The maximum Gasteiger partial charge on any atom is 0.140 e. The lowest BCUT2D eigenvalue weighted by Crippen LogP contribution is -2.13. The fourth-order valence-corrected chi connectivity index (χ4v) is 2.82. The highest BCUT2D eigenvalue weighted by Gasteiger charge is 2.21. The van der Waals surface area contributed by atoms with Gasteiger partial charge in [-0.3, -0.25) is 0 Å². The van der Waals surface area contributed by atoms with Gasteiger partial charge in [-0.25, -0.2) is 4.98 Å². The van der Waals surface area contributed by atoms with Crippen LogP contribution in [-0.2, 0) is 5.75 Å². The molecule has 0 aromatic carbocycles. The molecule has 0 bridgehead atoms. The zero-order chi connectivity index (χ0) is 12.5. The van der Waals surface area contributed by atoms with E-state index >= 15 is 0 Å². The van der Waals surface area contributed by atoms with Gasteiger partial charge in [-0.15, -0.1) is 11.3 Å². The normalized spacial score (nSPS) is 16.0. The van der Waals surface area contributed by atoms with Crippen LogP contribution in [0.3, 0.4) is 0 Å². The first kappa shape index (κ1) is 12.8. The van der Waals surface area contributed by atoms with Gasteiger partial charge in [0.1, 0.15) is 10.7 Å². The van der Waals surface area contributed by atoms with Crippen molar-refractivity contribution < 1.29 is 0 Å². The molecule has 17 heavy (non-hydrogen) atoms. The smallest absolute Gasteiger partial charge is 0.140 e. The average molecular weight is 267 g/mol. The number of aromatic nitrogens is 1. The van der Waals surface area contributed by atoms with E-state index < -0.39 is 0 Å². The standard InChI is InChI=1S/C12H17N3S2/c1-12(2,3)5-8-4-10(15-14-8)11-13-9(6-16)7-17-11/h7,16H,4-6H2,1-3H3. The molecule has 1 aromatic rings. The first-order chi connectivity index (χ1) is 7.98. The van der Waals surface area contributed by atoms with Crippen LogP contribution >= 0.6 is 24.0 Å². The number of hydrogen-bond acceptors (Lipinski definition) is 5. The molecule has 0 saturated heterocycles. The molecule has 0 aliphatic carbocycles. The van der Waals surface area contributed by atoms with Crippen LogP contribution in [0.2, 0.25) is 0 Å². The Hall–Kier alpha value is -0.680. The van der Waals surface area contributed by atoms with Crippen molar-refractivity contribution >= 4 is 35.4 Å². The number of nitrogens with zero attached hydrogens (tertiary/aromatic N) is 3. The van der Waals surface area contributed by atoms with E-state index in [2.05, 4.69) is 48.6 Å². The molecule has 2 heterocycles. The Morgan fingerprint density at radius 2 is 2.12 bits per heavy atom. The summed E-state index contributed by atoms with van der Waals surface area (Å²) in [4.78, 5) is 4.48. The van der Waals surface area contributed by atoms with Gasteiger partial charge in [0.15, 0.2) is 0 Å². The highest BCUT2D eigenvalue weighted by Crippen LogP contribution is 2.25. The van der Waals surface area contributed by atoms with E-state index in [0.717, 1.165) is 35.0 Å². The molecule has 0 atom stereocenters. The molecule has 92 valence electrons. The molecule has 1 aliphatic rings. The van der Waals surface area contributed by atoms with Gasteiger partial charge in [-0.2, -0.15) is 22.8 Å². The Kier molecular flexibility index (Phi) is 3.68. The topological polar surface area (TPSA) is 37.6 Å². The molecular weight excluding hydrogens is 250 g/mol. The minimum atomic E-state index is 0.267. The largest absolute Gasteiger partial charge is 0.239 e. The number of thiazole rings is 1. The Bertz CT molecular complexity index is 466. The van der Waals surface area contributed by atoms with Crippen molar-refractivity contribution in [3.05, 3.63) is 16.1 Å². The lowest BCUT2D eigenvalue weighted by Gasteiger charge is -2.17. The van der Waals surface area contributed by atoms with Gasteiger partial charge in [0.25, 0.3) is 0 Å². The Labute approximate surface area is 111 Å².